The highest BCUT2D eigenvalue weighted by Gasteiger charge is 2.30. The number of allylic oxidation sites excluding steroid dienone is 1. The summed E-state index contributed by atoms with van der Waals surface area (Å²) in [4.78, 5) is 1.77. The molecular weight excluding hydrogens is 345 g/mol. The Kier molecular flexibility index (Phi) is 6.12. The molecule has 0 spiro atoms. The molecule has 1 heterocycles. The molecular formula is C19H23F3N2O2. The predicted octanol–water partition coefficient (Wildman–Crippen LogP) is 4.17. The molecule has 1 aromatic carbocycles. The first-order valence-electron chi connectivity index (χ1n) is 8.41. The first kappa shape index (κ1) is 20.4. The highest BCUT2D eigenvalue weighted by atomic mass is 19.4. The molecule has 1 atom stereocenters. The fraction of sp³-hybridized carbons (Fsp3) is 0.526. The number of nitriles is 1. The summed E-state index contributed by atoms with van der Waals surface area (Å²) in [6.07, 6.45) is -4.32. The SMILES string of the molecule is CC(C)(C)OC(O)N1CCC(=C(C#N)c2ccc(C(F)(F)F)cc2)CC1. The van der Waals surface area contributed by atoms with E-state index in [1.165, 1.54) is 12.1 Å². The fourth-order valence-corrected chi connectivity index (χ4v) is 2.83. The number of hydrogen-bond acceptors (Lipinski definition) is 4. The van der Waals surface area contributed by atoms with Crippen LogP contribution in [0.5, 0.6) is 0 Å². The summed E-state index contributed by atoms with van der Waals surface area (Å²) in [6, 6.07) is 6.76. The van der Waals surface area contributed by atoms with E-state index in [9.17, 15) is 23.5 Å². The van der Waals surface area contributed by atoms with Crippen molar-refractivity contribution in [1.29, 1.82) is 5.26 Å². The van der Waals surface area contributed by atoms with Crippen LogP contribution in [-0.4, -0.2) is 35.1 Å². The molecule has 142 valence electrons. The fourth-order valence-electron chi connectivity index (χ4n) is 2.83. The van der Waals surface area contributed by atoms with Crippen LogP contribution in [0, 0.1) is 11.3 Å². The van der Waals surface area contributed by atoms with Gasteiger partial charge in [0.15, 0.2) is 0 Å². The quantitative estimate of drug-likeness (QED) is 0.643. The highest BCUT2D eigenvalue weighted by Crippen LogP contribution is 2.32. The van der Waals surface area contributed by atoms with Crippen molar-refractivity contribution in [3.63, 3.8) is 0 Å². The van der Waals surface area contributed by atoms with Crippen molar-refractivity contribution in [2.75, 3.05) is 13.1 Å². The number of hydrogen-bond donors (Lipinski definition) is 1. The first-order chi connectivity index (χ1) is 12.0. The Balaban J connectivity index is 2.11. The second kappa shape index (κ2) is 7.78. The minimum Gasteiger partial charge on any atom is -0.356 e. The van der Waals surface area contributed by atoms with Crippen molar-refractivity contribution < 1.29 is 23.0 Å². The van der Waals surface area contributed by atoms with E-state index in [0.717, 1.165) is 17.7 Å². The maximum absolute atomic E-state index is 12.7. The van der Waals surface area contributed by atoms with E-state index in [-0.39, 0.29) is 0 Å². The molecule has 1 aliphatic heterocycles. The van der Waals surface area contributed by atoms with Gasteiger partial charge in [-0.05, 0) is 56.9 Å². The largest absolute Gasteiger partial charge is 0.416 e. The van der Waals surface area contributed by atoms with Gasteiger partial charge in [0.05, 0.1) is 22.8 Å². The molecule has 0 saturated carbocycles. The summed E-state index contributed by atoms with van der Waals surface area (Å²) in [5, 5.41) is 19.6. The Bertz CT molecular complexity index is 687. The molecule has 1 fully saturated rings. The number of benzene rings is 1. The van der Waals surface area contributed by atoms with Crippen molar-refractivity contribution >= 4 is 5.57 Å². The van der Waals surface area contributed by atoms with Crippen LogP contribution in [0.25, 0.3) is 5.57 Å². The molecule has 7 heteroatoms. The highest BCUT2D eigenvalue weighted by molar-refractivity contribution is 5.79. The van der Waals surface area contributed by atoms with Gasteiger partial charge >= 0.3 is 6.18 Å². The second-order valence-corrected chi connectivity index (χ2v) is 7.26. The lowest BCUT2D eigenvalue weighted by atomic mass is 9.93. The van der Waals surface area contributed by atoms with Crippen molar-refractivity contribution in [3.8, 4) is 6.07 Å². The molecule has 1 aliphatic rings. The zero-order valence-corrected chi connectivity index (χ0v) is 15.1. The monoisotopic (exact) mass is 368 g/mol. The molecule has 0 bridgehead atoms. The van der Waals surface area contributed by atoms with Crippen molar-refractivity contribution in [2.24, 2.45) is 0 Å². The Morgan fingerprint density at radius 3 is 2.12 bits per heavy atom. The molecule has 0 amide bonds. The number of alkyl halides is 3. The Morgan fingerprint density at radius 2 is 1.69 bits per heavy atom. The average Bonchev–Trinajstić information content (AvgIpc) is 2.54. The molecule has 4 nitrogen and oxygen atoms in total. The van der Waals surface area contributed by atoms with Crippen LogP contribution < -0.4 is 0 Å². The molecule has 1 saturated heterocycles. The molecule has 1 unspecified atom stereocenters. The third-order valence-corrected chi connectivity index (χ3v) is 4.14. The van der Waals surface area contributed by atoms with E-state index < -0.39 is 23.8 Å². The normalized spacial score (nSPS) is 17.7. The lowest BCUT2D eigenvalue weighted by molar-refractivity contribution is -0.240. The van der Waals surface area contributed by atoms with Crippen LogP contribution in [0.3, 0.4) is 0 Å². The summed E-state index contributed by atoms with van der Waals surface area (Å²) in [5.41, 5.74) is 0.556. The molecule has 0 aromatic heterocycles. The standard InChI is InChI=1S/C19H23F3N2O2/c1-18(2,3)26-17(25)24-10-8-14(9-11-24)16(12-23)13-4-6-15(7-5-13)19(20,21)22/h4-7,17,25H,8-11H2,1-3H3. The Hall–Kier alpha value is -1.88. The Labute approximate surface area is 151 Å². The van der Waals surface area contributed by atoms with Crippen molar-refractivity contribution in [1.82, 2.24) is 4.90 Å². The molecule has 1 aromatic rings. The summed E-state index contributed by atoms with van der Waals surface area (Å²) < 4.78 is 43.5. The number of piperidine rings is 1. The van der Waals surface area contributed by atoms with E-state index >= 15 is 0 Å². The number of aliphatic hydroxyl groups is 1. The van der Waals surface area contributed by atoms with E-state index in [1.54, 1.807) is 4.90 Å². The van der Waals surface area contributed by atoms with E-state index in [0.29, 0.717) is 37.1 Å². The van der Waals surface area contributed by atoms with E-state index in [2.05, 4.69) is 6.07 Å². The van der Waals surface area contributed by atoms with Gasteiger partial charge in [0.25, 0.3) is 0 Å². The van der Waals surface area contributed by atoms with E-state index in [4.69, 9.17) is 4.74 Å². The van der Waals surface area contributed by atoms with E-state index in [1.807, 2.05) is 20.8 Å². The average molecular weight is 368 g/mol. The molecule has 0 radical (unpaired) electrons. The van der Waals surface area contributed by atoms with Gasteiger partial charge in [0, 0.05) is 13.1 Å². The lowest BCUT2D eigenvalue weighted by Gasteiger charge is -2.35. The molecule has 1 N–H and O–H groups in total. The van der Waals surface area contributed by atoms with Gasteiger partial charge in [-0.15, -0.1) is 0 Å². The van der Waals surface area contributed by atoms with Crippen LogP contribution in [-0.2, 0) is 10.9 Å². The number of halogens is 3. The van der Waals surface area contributed by atoms with Crippen LogP contribution >= 0.6 is 0 Å². The second-order valence-electron chi connectivity index (χ2n) is 7.26. The lowest BCUT2D eigenvalue weighted by Crippen LogP contribution is -2.44. The smallest absolute Gasteiger partial charge is 0.356 e. The molecule has 2 rings (SSSR count). The van der Waals surface area contributed by atoms with Crippen molar-refractivity contribution in [3.05, 3.63) is 41.0 Å². The maximum atomic E-state index is 12.7. The number of aliphatic hydroxyl groups excluding tert-OH is 1. The number of likely N-dealkylation sites (tertiary alicyclic amines) is 1. The summed E-state index contributed by atoms with van der Waals surface area (Å²) >= 11 is 0. The first-order valence-corrected chi connectivity index (χ1v) is 8.41. The predicted molar refractivity (Wildman–Crippen MR) is 91.6 cm³/mol. The van der Waals surface area contributed by atoms with Gasteiger partial charge in [-0.25, -0.2) is 0 Å². The minimum absolute atomic E-state index is 0.407. The number of nitrogens with zero attached hydrogens (tertiary/aromatic N) is 2. The molecule has 26 heavy (non-hydrogen) atoms. The van der Waals surface area contributed by atoms with Crippen LogP contribution in [0.2, 0.25) is 0 Å². The van der Waals surface area contributed by atoms with Crippen LogP contribution in [0.4, 0.5) is 13.2 Å². The Morgan fingerprint density at radius 1 is 1.15 bits per heavy atom. The summed E-state index contributed by atoms with van der Waals surface area (Å²) in [7, 11) is 0. The molecule has 0 aliphatic carbocycles. The minimum atomic E-state index is -4.40. The van der Waals surface area contributed by atoms with Crippen LogP contribution in [0.1, 0.15) is 44.7 Å². The van der Waals surface area contributed by atoms with Gasteiger partial charge in [0.2, 0.25) is 6.41 Å². The third kappa shape index (κ3) is 5.31. The van der Waals surface area contributed by atoms with Crippen LogP contribution in [0.15, 0.2) is 29.8 Å². The van der Waals surface area contributed by atoms with Crippen molar-refractivity contribution in [2.45, 2.75) is 51.8 Å². The zero-order valence-electron chi connectivity index (χ0n) is 15.1. The summed E-state index contributed by atoms with van der Waals surface area (Å²) in [6.45, 7) is 6.58. The van der Waals surface area contributed by atoms with Gasteiger partial charge in [-0.1, -0.05) is 12.1 Å². The van der Waals surface area contributed by atoms with Gasteiger partial charge < -0.3 is 9.84 Å². The topological polar surface area (TPSA) is 56.5 Å². The van der Waals surface area contributed by atoms with Gasteiger partial charge in [-0.3, -0.25) is 4.90 Å². The summed E-state index contributed by atoms with van der Waals surface area (Å²) in [5.74, 6) is 0. The number of ether oxygens (including phenoxy) is 1. The maximum Gasteiger partial charge on any atom is 0.416 e. The van der Waals surface area contributed by atoms with Gasteiger partial charge in [0.1, 0.15) is 0 Å². The number of rotatable bonds is 3. The third-order valence-electron chi connectivity index (χ3n) is 4.14. The van der Waals surface area contributed by atoms with Gasteiger partial charge in [-0.2, -0.15) is 18.4 Å². The zero-order chi connectivity index (χ0) is 19.5.